The highest BCUT2D eigenvalue weighted by Gasteiger charge is 2.82. The Morgan fingerprint density at radius 1 is 1.12 bits per heavy atom. The van der Waals surface area contributed by atoms with Gasteiger partial charge in [0.1, 0.15) is 17.7 Å². The molecule has 0 radical (unpaired) electrons. The van der Waals surface area contributed by atoms with Gasteiger partial charge in [0.25, 0.3) is 15.9 Å². The van der Waals surface area contributed by atoms with E-state index in [2.05, 4.69) is 15.3 Å². The number of nitrogens with one attached hydrogen (secondary N) is 1. The fraction of sp³-hybridized carbons (Fsp3) is 0.536. The Kier molecular flexibility index (Phi) is 6.14. The lowest BCUT2D eigenvalue weighted by atomic mass is 9.92. The van der Waals surface area contributed by atoms with E-state index in [4.69, 9.17) is 4.74 Å². The summed E-state index contributed by atoms with van der Waals surface area (Å²) in [5.41, 5.74) is -1.76. The zero-order valence-electron chi connectivity index (χ0n) is 22.7. The highest BCUT2D eigenvalue weighted by atomic mass is 32.2. The number of anilines is 1. The minimum atomic E-state index is -4.12. The van der Waals surface area contributed by atoms with Crippen molar-refractivity contribution in [2.45, 2.75) is 80.8 Å². The van der Waals surface area contributed by atoms with Crippen molar-refractivity contribution in [1.29, 1.82) is 0 Å². The van der Waals surface area contributed by atoms with Gasteiger partial charge in [-0.3, -0.25) is 0 Å². The SMILES string of the molecule is CC(C)(C)OC(=O)N1CCC[C@@H](Nc2ncnc3c2c(C24CCCC2C4(F)F)cn3S(=O)(=O)c2ccccc2)C1. The molecule has 2 aromatic heterocycles. The number of amides is 1. The molecule has 6 rings (SSSR count). The predicted molar refractivity (Wildman–Crippen MR) is 145 cm³/mol. The Hall–Kier alpha value is -3.28. The van der Waals surface area contributed by atoms with Crippen LogP contribution in [0.15, 0.2) is 47.8 Å². The second-order valence-corrected chi connectivity index (χ2v) is 13.8. The van der Waals surface area contributed by atoms with E-state index >= 15 is 8.78 Å². The van der Waals surface area contributed by atoms with Gasteiger partial charge in [-0.15, -0.1) is 0 Å². The highest BCUT2D eigenvalue weighted by molar-refractivity contribution is 7.90. The molecule has 1 N–H and O–H groups in total. The van der Waals surface area contributed by atoms with Gasteiger partial charge in [0.15, 0.2) is 5.65 Å². The predicted octanol–water partition coefficient (Wildman–Crippen LogP) is 5.17. The number of hydrogen-bond donors (Lipinski definition) is 1. The summed E-state index contributed by atoms with van der Waals surface area (Å²) in [6.45, 7) is 6.30. The van der Waals surface area contributed by atoms with Gasteiger partial charge < -0.3 is 15.0 Å². The Morgan fingerprint density at radius 2 is 1.88 bits per heavy atom. The van der Waals surface area contributed by atoms with Crippen molar-refractivity contribution >= 4 is 33.0 Å². The molecule has 3 aromatic rings. The average molecular weight is 574 g/mol. The van der Waals surface area contributed by atoms with Crippen molar-refractivity contribution in [3.8, 4) is 0 Å². The molecule has 12 heteroatoms. The largest absolute Gasteiger partial charge is 0.444 e. The molecule has 2 unspecified atom stereocenters. The highest BCUT2D eigenvalue weighted by Crippen LogP contribution is 2.75. The number of ether oxygens (including phenoxy) is 1. The van der Waals surface area contributed by atoms with E-state index in [1.165, 1.54) is 24.7 Å². The maximum atomic E-state index is 15.3. The van der Waals surface area contributed by atoms with Crippen LogP contribution in [0.2, 0.25) is 0 Å². The van der Waals surface area contributed by atoms with Gasteiger partial charge in [0.2, 0.25) is 0 Å². The molecule has 1 saturated heterocycles. The molecule has 0 spiro atoms. The summed E-state index contributed by atoms with van der Waals surface area (Å²) < 4.78 is 64.7. The molecule has 3 heterocycles. The number of likely N-dealkylation sites (tertiary alicyclic amines) is 1. The molecule has 1 aliphatic heterocycles. The maximum Gasteiger partial charge on any atom is 0.410 e. The Bertz CT molecular complexity index is 1570. The summed E-state index contributed by atoms with van der Waals surface area (Å²) in [4.78, 5) is 23.1. The first-order valence-electron chi connectivity index (χ1n) is 13.7. The van der Waals surface area contributed by atoms with Gasteiger partial charge in [-0.05, 0) is 64.2 Å². The number of nitrogens with zero attached hydrogens (tertiary/aromatic N) is 4. The summed E-state index contributed by atoms with van der Waals surface area (Å²) in [5.74, 6) is -3.49. The van der Waals surface area contributed by atoms with Gasteiger partial charge in [0, 0.05) is 31.2 Å². The van der Waals surface area contributed by atoms with E-state index < -0.39 is 39.0 Å². The molecule has 2 saturated carbocycles. The zero-order valence-corrected chi connectivity index (χ0v) is 23.5. The molecule has 2 aliphatic carbocycles. The molecule has 3 fully saturated rings. The lowest BCUT2D eigenvalue weighted by Crippen LogP contribution is -2.47. The molecule has 1 amide bonds. The topological polar surface area (TPSA) is 106 Å². The van der Waals surface area contributed by atoms with Crippen molar-refractivity contribution in [1.82, 2.24) is 18.8 Å². The van der Waals surface area contributed by atoms with E-state index in [0.29, 0.717) is 50.0 Å². The number of benzene rings is 1. The van der Waals surface area contributed by atoms with Crippen LogP contribution in [0.4, 0.5) is 19.4 Å². The summed E-state index contributed by atoms with van der Waals surface area (Å²) in [6.07, 6.45) is 4.88. The van der Waals surface area contributed by atoms with Gasteiger partial charge >= 0.3 is 6.09 Å². The van der Waals surface area contributed by atoms with Crippen molar-refractivity contribution < 1.29 is 26.7 Å². The van der Waals surface area contributed by atoms with Gasteiger partial charge in [0.05, 0.1) is 15.7 Å². The fourth-order valence-corrected chi connectivity index (χ4v) is 7.88. The van der Waals surface area contributed by atoms with E-state index in [-0.39, 0.29) is 28.6 Å². The van der Waals surface area contributed by atoms with E-state index in [0.717, 1.165) is 3.97 Å². The second kappa shape index (κ2) is 9.12. The molecule has 9 nitrogen and oxygen atoms in total. The third-order valence-electron chi connectivity index (χ3n) is 8.35. The Labute approximate surface area is 232 Å². The quantitative estimate of drug-likeness (QED) is 0.449. The monoisotopic (exact) mass is 573 g/mol. The first kappa shape index (κ1) is 26.9. The second-order valence-electron chi connectivity index (χ2n) is 12.0. The van der Waals surface area contributed by atoms with E-state index in [9.17, 15) is 13.2 Å². The number of rotatable bonds is 5. The molecule has 3 atom stereocenters. The standard InChI is InChI=1S/C28H33F2N5O4S/c1-26(2,3)39-25(36)34-14-8-9-18(15-34)33-23-22-20(27-13-7-12-21(27)28(27,29)30)16-35(24(22)32-17-31-23)40(37,38)19-10-5-4-6-11-19/h4-6,10-11,16-18,21H,7-9,12-15H2,1-3H3,(H,31,32,33)/t18-,21?,27?/m1/s1. The smallest absolute Gasteiger partial charge is 0.410 e. The molecule has 40 heavy (non-hydrogen) atoms. The first-order chi connectivity index (χ1) is 18.9. The van der Waals surface area contributed by atoms with Crippen LogP contribution in [0.3, 0.4) is 0 Å². The molecule has 3 aliphatic rings. The fourth-order valence-electron chi connectivity index (χ4n) is 6.54. The lowest BCUT2D eigenvalue weighted by molar-refractivity contribution is 0.0206. The summed E-state index contributed by atoms with van der Waals surface area (Å²) in [6, 6.07) is 7.63. The normalized spacial score (nSPS) is 26.0. The number of halogens is 2. The minimum Gasteiger partial charge on any atom is -0.444 e. The summed E-state index contributed by atoms with van der Waals surface area (Å²) in [7, 11) is -4.12. The first-order valence-corrected chi connectivity index (χ1v) is 15.1. The van der Waals surface area contributed by atoms with Crippen molar-refractivity contribution in [2.75, 3.05) is 18.4 Å². The number of piperidine rings is 1. The third kappa shape index (κ3) is 4.13. The number of carbonyl (C=O) groups excluding carboxylic acids is 1. The number of carbonyl (C=O) groups is 1. The summed E-state index contributed by atoms with van der Waals surface area (Å²) in [5, 5.41) is 3.64. The number of hydrogen-bond acceptors (Lipinski definition) is 7. The van der Waals surface area contributed by atoms with Crippen molar-refractivity contribution in [3.63, 3.8) is 0 Å². The van der Waals surface area contributed by atoms with E-state index in [1.807, 2.05) is 0 Å². The van der Waals surface area contributed by atoms with Gasteiger partial charge in [-0.2, -0.15) is 0 Å². The van der Waals surface area contributed by atoms with Crippen LogP contribution in [0.25, 0.3) is 11.0 Å². The molecular weight excluding hydrogens is 540 g/mol. The average Bonchev–Trinajstić information content (AvgIpc) is 3.31. The lowest BCUT2D eigenvalue weighted by Gasteiger charge is -2.34. The molecule has 214 valence electrons. The Morgan fingerprint density at radius 3 is 2.55 bits per heavy atom. The van der Waals surface area contributed by atoms with Crippen LogP contribution in [0.5, 0.6) is 0 Å². The van der Waals surface area contributed by atoms with Crippen LogP contribution in [-0.2, 0) is 20.2 Å². The van der Waals surface area contributed by atoms with Crippen molar-refractivity contribution in [2.24, 2.45) is 5.92 Å². The molecule has 1 aromatic carbocycles. The third-order valence-corrected chi connectivity index (χ3v) is 10.0. The van der Waals surface area contributed by atoms with Crippen LogP contribution in [0.1, 0.15) is 58.4 Å². The number of alkyl halides is 2. The Balaban J connectivity index is 1.43. The van der Waals surface area contributed by atoms with Gasteiger partial charge in [-0.1, -0.05) is 24.6 Å². The van der Waals surface area contributed by atoms with Crippen LogP contribution in [-0.4, -0.2) is 64.0 Å². The summed E-state index contributed by atoms with van der Waals surface area (Å²) >= 11 is 0. The van der Waals surface area contributed by atoms with E-state index in [1.54, 1.807) is 43.9 Å². The van der Waals surface area contributed by atoms with Crippen LogP contribution < -0.4 is 5.32 Å². The molecule has 0 bridgehead atoms. The maximum absolute atomic E-state index is 15.3. The van der Waals surface area contributed by atoms with Crippen LogP contribution >= 0.6 is 0 Å². The number of aromatic nitrogens is 3. The van der Waals surface area contributed by atoms with Crippen LogP contribution in [0, 0.1) is 5.92 Å². The minimum absolute atomic E-state index is 0.0369. The van der Waals surface area contributed by atoms with Crippen molar-refractivity contribution in [3.05, 3.63) is 48.4 Å². The zero-order chi connectivity index (χ0) is 28.5. The number of fused-ring (bicyclic) bond motifs is 2. The molecular formula is C28H33F2N5O4S. The van der Waals surface area contributed by atoms with Gasteiger partial charge in [-0.25, -0.2) is 35.9 Å².